The average molecular weight is 238 g/mol. The Bertz CT molecular complexity index is 263. The van der Waals surface area contributed by atoms with Gasteiger partial charge >= 0.3 is 0 Å². The Morgan fingerprint density at radius 1 is 1.29 bits per heavy atom. The lowest BCUT2D eigenvalue weighted by Gasteiger charge is -2.35. The van der Waals surface area contributed by atoms with Crippen LogP contribution >= 0.6 is 0 Å². The van der Waals surface area contributed by atoms with Crippen LogP contribution < -0.4 is 5.32 Å². The van der Waals surface area contributed by atoms with Gasteiger partial charge in [0.15, 0.2) is 0 Å². The molecule has 2 unspecified atom stereocenters. The van der Waals surface area contributed by atoms with Crippen LogP contribution in [0.15, 0.2) is 0 Å². The van der Waals surface area contributed by atoms with Crippen molar-refractivity contribution in [3.63, 3.8) is 0 Å². The van der Waals surface area contributed by atoms with Crippen molar-refractivity contribution < 1.29 is 4.79 Å². The summed E-state index contributed by atoms with van der Waals surface area (Å²) in [7, 11) is 1.97. The maximum absolute atomic E-state index is 12.3. The summed E-state index contributed by atoms with van der Waals surface area (Å²) in [5.74, 6) is 1.83. The van der Waals surface area contributed by atoms with Gasteiger partial charge in [0.1, 0.15) is 0 Å². The van der Waals surface area contributed by atoms with E-state index in [1.807, 2.05) is 11.9 Å². The van der Waals surface area contributed by atoms with Gasteiger partial charge in [-0.3, -0.25) is 4.79 Å². The summed E-state index contributed by atoms with van der Waals surface area (Å²) in [6, 6.07) is 0.0822. The van der Waals surface area contributed by atoms with Gasteiger partial charge in [-0.05, 0) is 44.1 Å². The molecule has 1 heterocycles. The predicted octanol–water partition coefficient (Wildman–Crippen LogP) is 2.02. The molecule has 17 heavy (non-hydrogen) atoms. The minimum Gasteiger partial charge on any atom is -0.344 e. The van der Waals surface area contributed by atoms with Crippen LogP contribution in [0.5, 0.6) is 0 Å². The first-order valence-electron chi connectivity index (χ1n) is 7.19. The van der Waals surface area contributed by atoms with Crippen LogP contribution in [0.2, 0.25) is 0 Å². The molecule has 2 atom stereocenters. The molecule has 1 amide bonds. The molecule has 0 aromatic rings. The zero-order valence-corrected chi connectivity index (χ0v) is 11.2. The molecule has 98 valence electrons. The van der Waals surface area contributed by atoms with Gasteiger partial charge in [-0.2, -0.15) is 0 Å². The Morgan fingerprint density at radius 3 is 2.65 bits per heavy atom. The summed E-state index contributed by atoms with van der Waals surface area (Å²) in [5, 5.41) is 3.38. The van der Waals surface area contributed by atoms with Crippen molar-refractivity contribution in [2.75, 3.05) is 20.1 Å². The molecular formula is C14H26N2O. The van der Waals surface area contributed by atoms with E-state index in [0.717, 1.165) is 31.3 Å². The predicted molar refractivity (Wildman–Crippen MR) is 69.8 cm³/mol. The Hall–Kier alpha value is -0.570. The molecule has 0 bridgehead atoms. The molecule has 1 aliphatic carbocycles. The van der Waals surface area contributed by atoms with Crippen molar-refractivity contribution in [2.24, 2.45) is 11.8 Å². The van der Waals surface area contributed by atoms with Crippen LogP contribution in [0.4, 0.5) is 0 Å². The lowest BCUT2D eigenvalue weighted by atomic mass is 9.85. The van der Waals surface area contributed by atoms with Gasteiger partial charge in [-0.15, -0.1) is 0 Å². The van der Waals surface area contributed by atoms with E-state index in [2.05, 4.69) is 12.2 Å². The lowest BCUT2D eigenvalue weighted by molar-refractivity contribution is -0.134. The minimum absolute atomic E-state index is 0.0822. The van der Waals surface area contributed by atoms with Crippen molar-refractivity contribution in [2.45, 2.75) is 51.5 Å². The Labute approximate surface area is 105 Å². The fraction of sp³-hybridized carbons (Fsp3) is 0.929. The van der Waals surface area contributed by atoms with E-state index in [-0.39, 0.29) is 6.04 Å². The highest BCUT2D eigenvalue weighted by Gasteiger charge is 2.29. The van der Waals surface area contributed by atoms with Crippen molar-refractivity contribution in [3.8, 4) is 0 Å². The Kier molecular flexibility index (Phi) is 4.43. The van der Waals surface area contributed by atoms with Gasteiger partial charge in [-0.1, -0.05) is 19.8 Å². The first-order chi connectivity index (χ1) is 8.20. The van der Waals surface area contributed by atoms with Crippen LogP contribution in [-0.2, 0) is 4.79 Å². The first kappa shape index (κ1) is 12.9. The molecule has 3 heteroatoms. The van der Waals surface area contributed by atoms with Crippen LogP contribution in [-0.4, -0.2) is 37.0 Å². The maximum Gasteiger partial charge on any atom is 0.239 e. The summed E-state index contributed by atoms with van der Waals surface area (Å²) in [5.41, 5.74) is 0. The highest BCUT2D eigenvalue weighted by molar-refractivity contribution is 5.81. The topological polar surface area (TPSA) is 32.3 Å². The molecule has 0 radical (unpaired) electrons. The maximum atomic E-state index is 12.3. The highest BCUT2D eigenvalue weighted by atomic mass is 16.2. The molecule has 1 aliphatic heterocycles. The zero-order valence-electron chi connectivity index (χ0n) is 11.2. The summed E-state index contributed by atoms with van der Waals surface area (Å²) in [6.45, 7) is 4.20. The monoisotopic (exact) mass is 238 g/mol. The molecule has 0 aromatic carbocycles. The molecule has 2 fully saturated rings. The van der Waals surface area contributed by atoms with E-state index in [1.165, 1.54) is 32.1 Å². The van der Waals surface area contributed by atoms with E-state index in [9.17, 15) is 4.79 Å². The van der Waals surface area contributed by atoms with Gasteiger partial charge < -0.3 is 10.2 Å². The molecule has 1 N–H and O–H groups in total. The third-order valence-corrected chi connectivity index (χ3v) is 4.52. The van der Waals surface area contributed by atoms with E-state index in [1.54, 1.807) is 0 Å². The number of nitrogens with zero attached hydrogens (tertiary/aromatic N) is 1. The summed E-state index contributed by atoms with van der Waals surface area (Å²) in [4.78, 5) is 14.3. The number of amides is 1. The van der Waals surface area contributed by atoms with E-state index >= 15 is 0 Å². The van der Waals surface area contributed by atoms with Gasteiger partial charge in [0.25, 0.3) is 0 Å². The lowest BCUT2D eigenvalue weighted by Crippen LogP contribution is -2.50. The standard InChI is InChI=1S/C14H26N2O/c1-3-11-7-8-15-13(9-11)14(17)16(2)10-12-5-4-6-12/h11-13,15H,3-10H2,1-2H3. The molecule has 0 aromatic heterocycles. The third-order valence-electron chi connectivity index (χ3n) is 4.52. The molecule has 3 nitrogen and oxygen atoms in total. The Morgan fingerprint density at radius 2 is 2.06 bits per heavy atom. The van der Waals surface area contributed by atoms with Gasteiger partial charge in [-0.25, -0.2) is 0 Å². The van der Waals surface area contributed by atoms with Crippen molar-refractivity contribution in [1.82, 2.24) is 10.2 Å². The van der Waals surface area contributed by atoms with E-state index in [0.29, 0.717) is 5.91 Å². The van der Waals surface area contributed by atoms with Crippen molar-refractivity contribution >= 4 is 5.91 Å². The number of rotatable bonds is 4. The summed E-state index contributed by atoms with van der Waals surface area (Å²) in [6.07, 6.45) is 7.45. The average Bonchev–Trinajstić information content (AvgIpc) is 2.32. The number of carbonyl (C=O) groups excluding carboxylic acids is 1. The fourth-order valence-electron chi connectivity index (χ4n) is 2.97. The first-order valence-corrected chi connectivity index (χ1v) is 7.19. The number of carbonyl (C=O) groups is 1. The van der Waals surface area contributed by atoms with Gasteiger partial charge in [0.2, 0.25) is 5.91 Å². The molecular weight excluding hydrogens is 212 g/mol. The third kappa shape index (κ3) is 3.21. The number of likely N-dealkylation sites (N-methyl/N-ethyl adjacent to an activating group) is 1. The number of hydrogen-bond donors (Lipinski definition) is 1. The van der Waals surface area contributed by atoms with Crippen LogP contribution in [0.25, 0.3) is 0 Å². The van der Waals surface area contributed by atoms with Gasteiger partial charge in [0, 0.05) is 13.6 Å². The van der Waals surface area contributed by atoms with E-state index in [4.69, 9.17) is 0 Å². The fourth-order valence-corrected chi connectivity index (χ4v) is 2.97. The van der Waals surface area contributed by atoms with Crippen molar-refractivity contribution in [1.29, 1.82) is 0 Å². The smallest absolute Gasteiger partial charge is 0.239 e. The van der Waals surface area contributed by atoms with Crippen LogP contribution in [0.3, 0.4) is 0 Å². The second-order valence-corrected chi connectivity index (χ2v) is 5.82. The minimum atomic E-state index is 0.0822. The Balaban J connectivity index is 1.80. The SMILES string of the molecule is CCC1CCNC(C(=O)N(C)CC2CCC2)C1. The molecule has 1 saturated heterocycles. The van der Waals surface area contributed by atoms with Gasteiger partial charge in [0.05, 0.1) is 6.04 Å². The second-order valence-electron chi connectivity index (χ2n) is 5.82. The highest BCUT2D eigenvalue weighted by Crippen LogP contribution is 2.27. The normalized spacial score (nSPS) is 29.8. The summed E-state index contributed by atoms with van der Waals surface area (Å²) < 4.78 is 0. The zero-order chi connectivity index (χ0) is 12.3. The largest absolute Gasteiger partial charge is 0.344 e. The molecule has 1 saturated carbocycles. The van der Waals surface area contributed by atoms with E-state index < -0.39 is 0 Å². The summed E-state index contributed by atoms with van der Waals surface area (Å²) >= 11 is 0. The second kappa shape index (κ2) is 5.85. The molecule has 2 rings (SSSR count). The number of hydrogen-bond acceptors (Lipinski definition) is 2. The van der Waals surface area contributed by atoms with Crippen LogP contribution in [0, 0.1) is 11.8 Å². The quantitative estimate of drug-likeness (QED) is 0.812. The number of nitrogens with one attached hydrogen (secondary N) is 1. The van der Waals surface area contributed by atoms with Crippen LogP contribution in [0.1, 0.15) is 45.4 Å². The number of piperidine rings is 1. The molecule has 2 aliphatic rings. The molecule has 0 spiro atoms. The van der Waals surface area contributed by atoms with Crippen molar-refractivity contribution in [3.05, 3.63) is 0 Å².